The molecule has 1 amide bonds. The molecule has 1 aliphatic carbocycles. The number of piperidine rings is 1. The lowest BCUT2D eigenvalue weighted by atomic mass is 9.84. The highest BCUT2D eigenvalue weighted by atomic mass is 32.2. The first kappa shape index (κ1) is 18.2. The zero-order valence-corrected chi connectivity index (χ0v) is 17.4. The van der Waals surface area contributed by atoms with E-state index in [2.05, 4.69) is 34.2 Å². The lowest BCUT2D eigenvalue weighted by Gasteiger charge is -2.39. The number of likely N-dealkylation sites (tertiary alicyclic amines) is 1. The van der Waals surface area contributed by atoms with Crippen molar-refractivity contribution >= 4 is 28.4 Å². The van der Waals surface area contributed by atoms with Gasteiger partial charge in [0.2, 0.25) is 0 Å². The molecule has 4 aliphatic rings. The summed E-state index contributed by atoms with van der Waals surface area (Å²) in [7, 11) is 0. The number of phenols is 1. The number of hydrogen-bond acceptors (Lipinski definition) is 5. The fraction of sp³-hybridized carbons (Fsp3) is 0.333. The van der Waals surface area contributed by atoms with Crippen molar-refractivity contribution in [3.05, 3.63) is 69.6 Å². The molecule has 1 saturated heterocycles. The number of thioether (sulfide) groups is 1. The topological polar surface area (TPSA) is 62.1 Å². The van der Waals surface area contributed by atoms with E-state index in [4.69, 9.17) is 4.74 Å². The van der Waals surface area contributed by atoms with E-state index in [1.807, 2.05) is 6.07 Å². The molecule has 0 unspecified atom stereocenters. The molecular formula is C24H22N2O3S. The van der Waals surface area contributed by atoms with Crippen LogP contribution >= 0.6 is 11.8 Å². The standard InChI is InChI=1S/C24H22N2O3S/c27-17-6-8-18-15(13-17)5-7-19(18)21-22(28)25-23(30-21)26-11-9-24(10-12-26)20-4-2-1-3-16(20)14-29-24/h1-4,6,8,13,27H,5,7,9-12,14H2/b21-19-. The zero-order chi connectivity index (χ0) is 20.3. The summed E-state index contributed by atoms with van der Waals surface area (Å²) < 4.78 is 6.27. The van der Waals surface area contributed by atoms with Crippen LogP contribution in [-0.4, -0.2) is 34.2 Å². The molecule has 0 radical (unpaired) electrons. The van der Waals surface area contributed by atoms with Crippen LogP contribution in [0.4, 0.5) is 0 Å². The van der Waals surface area contributed by atoms with Crippen molar-refractivity contribution in [3.63, 3.8) is 0 Å². The van der Waals surface area contributed by atoms with E-state index in [-0.39, 0.29) is 17.3 Å². The molecule has 3 heterocycles. The number of ether oxygens (including phenoxy) is 1. The van der Waals surface area contributed by atoms with Gasteiger partial charge in [0, 0.05) is 13.1 Å². The van der Waals surface area contributed by atoms with Crippen LogP contribution in [0.15, 0.2) is 52.4 Å². The first-order valence-electron chi connectivity index (χ1n) is 10.5. The molecule has 152 valence electrons. The van der Waals surface area contributed by atoms with Gasteiger partial charge in [0.05, 0.1) is 17.1 Å². The molecule has 0 bridgehead atoms. The Hall–Kier alpha value is -2.57. The lowest BCUT2D eigenvalue weighted by Crippen LogP contribution is -2.44. The van der Waals surface area contributed by atoms with Crippen LogP contribution < -0.4 is 0 Å². The van der Waals surface area contributed by atoms with Gasteiger partial charge in [-0.2, -0.15) is 4.99 Å². The second-order valence-corrected chi connectivity index (χ2v) is 9.36. The van der Waals surface area contributed by atoms with Crippen LogP contribution in [0.1, 0.15) is 41.5 Å². The second kappa shape index (κ2) is 6.72. The maximum atomic E-state index is 12.7. The number of hydrogen-bond donors (Lipinski definition) is 1. The number of carbonyl (C=O) groups is 1. The summed E-state index contributed by atoms with van der Waals surface area (Å²) in [5, 5.41) is 10.5. The second-order valence-electron chi connectivity index (χ2n) is 8.38. The lowest BCUT2D eigenvalue weighted by molar-refractivity contribution is -0.113. The quantitative estimate of drug-likeness (QED) is 0.650. The van der Waals surface area contributed by atoms with Gasteiger partial charge in [-0.3, -0.25) is 4.79 Å². The minimum absolute atomic E-state index is 0.131. The first-order valence-corrected chi connectivity index (χ1v) is 11.3. The summed E-state index contributed by atoms with van der Waals surface area (Å²) >= 11 is 1.51. The summed E-state index contributed by atoms with van der Waals surface area (Å²) in [6, 6.07) is 13.9. The van der Waals surface area contributed by atoms with Gasteiger partial charge < -0.3 is 14.7 Å². The van der Waals surface area contributed by atoms with E-state index in [9.17, 15) is 9.90 Å². The molecule has 1 spiro atoms. The normalized spacial score (nSPS) is 24.3. The number of fused-ring (bicyclic) bond motifs is 3. The van der Waals surface area contributed by atoms with Gasteiger partial charge in [0.25, 0.3) is 5.91 Å². The van der Waals surface area contributed by atoms with Crippen molar-refractivity contribution in [2.45, 2.75) is 37.9 Å². The van der Waals surface area contributed by atoms with Crippen LogP contribution in [-0.2, 0) is 28.2 Å². The summed E-state index contributed by atoms with van der Waals surface area (Å²) in [4.78, 5) is 20.1. The minimum Gasteiger partial charge on any atom is -0.508 e. The first-order chi connectivity index (χ1) is 14.6. The predicted molar refractivity (Wildman–Crippen MR) is 117 cm³/mol. The van der Waals surface area contributed by atoms with Crippen LogP contribution in [0.2, 0.25) is 0 Å². The molecule has 6 heteroatoms. The molecule has 0 saturated carbocycles. The molecule has 2 aromatic rings. The number of rotatable bonds is 0. The molecule has 30 heavy (non-hydrogen) atoms. The van der Waals surface area contributed by atoms with E-state index >= 15 is 0 Å². The number of aliphatic imine (C=N–C) groups is 1. The predicted octanol–water partition coefficient (Wildman–Crippen LogP) is 4.20. The third-order valence-electron chi connectivity index (χ3n) is 6.77. The number of aromatic hydroxyl groups is 1. The van der Waals surface area contributed by atoms with Crippen LogP contribution in [0.25, 0.3) is 5.57 Å². The van der Waals surface area contributed by atoms with E-state index in [1.54, 1.807) is 12.1 Å². The van der Waals surface area contributed by atoms with Gasteiger partial charge in [-0.1, -0.05) is 30.3 Å². The zero-order valence-electron chi connectivity index (χ0n) is 16.6. The maximum Gasteiger partial charge on any atom is 0.286 e. The highest BCUT2D eigenvalue weighted by molar-refractivity contribution is 8.18. The molecule has 5 nitrogen and oxygen atoms in total. The van der Waals surface area contributed by atoms with Crippen molar-refractivity contribution in [1.82, 2.24) is 4.90 Å². The summed E-state index contributed by atoms with van der Waals surface area (Å²) in [6.45, 7) is 2.36. The molecule has 2 aromatic carbocycles. The van der Waals surface area contributed by atoms with Gasteiger partial charge in [-0.25, -0.2) is 0 Å². The third-order valence-corrected chi connectivity index (χ3v) is 7.93. The van der Waals surface area contributed by atoms with Crippen LogP contribution in [0.3, 0.4) is 0 Å². The molecule has 0 aromatic heterocycles. The van der Waals surface area contributed by atoms with Crippen molar-refractivity contribution in [3.8, 4) is 5.75 Å². The number of phenolic OH excluding ortho intramolecular Hbond substituents is 1. The highest BCUT2D eigenvalue weighted by Gasteiger charge is 2.44. The van der Waals surface area contributed by atoms with Crippen LogP contribution in [0, 0.1) is 0 Å². The Bertz CT molecular complexity index is 1130. The van der Waals surface area contributed by atoms with Gasteiger partial charge in [0.1, 0.15) is 5.75 Å². The summed E-state index contributed by atoms with van der Waals surface area (Å²) in [5.41, 5.74) is 5.70. The average Bonchev–Trinajstić information content (AvgIpc) is 3.45. The number of amides is 1. The van der Waals surface area contributed by atoms with Crippen LogP contribution in [0.5, 0.6) is 5.75 Å². The largest absolute Gasteiger partial charge is 0.508 e. The summed E-state index contributed by atoms with van der Waals surface area (Å²) in [6.07, 6.45) is 3.50. The Morgan fingerprint density at radius 3 is 2.77 bits per heavy atom. The number of benzene rings is 2. The Balaban J connectivity index is 1.21. The third kappa shape index (κ3) is 2.74. The molecule has 1 N–H and O–H groups in total. The van der Waals surface area contributed by atoms with Gasteiger partial charge >= 0.3 is 0 Å². The smallest absolute Gasteiger partial charge is 0.286 e. The van der Waals surface area contributed by atoms with E-state index in [0.29, 0.717) is 6.61 Å². The van der Waals surface area contributed by atoms with Crippen molar-refractivity contribution in [1.29, 1.82) is 0 Å². The fourth-order valence-corrected chi connectivity index (χ4v) is 6.28. The Morgan fingerprint density at radius 1 is 1.07 bits per heavy atom. The number of amidine groups is 1. The molecule has 1 fully saturated rings. The Kier molecular flexibility index (Phi) is 4.08. The van der Waals surface area contributed by atoms with Crippen molar-refractivity contribution in [2.24, 2.45) is 4.99 Å². The number of aryl methyl sites for hydroxylation is 1. The Morgan fingerprint density at radius 2 is 1.90 bits per heavy atom. The number of nitrogens with zero attached hydrogens (tertiary/aromatic N) is 2. The minimum atomic E-state index is -0.186. The van der Waals surface area contributed by atoms with E-state index in [1.165, 1.54) is 22.9 Å². The molecule has 6 rings (SSSR count). The van der Waals surface area contributed by atoms with Crippen molar-refractivity contribution < 1.29 is 14.6 Å². The SMILES string of the molecule is O=C1N=C(N2CCC3(CC2)OCc2ccccc23)S/C1=C1/CCc2cc(O)ccc21. The average molecular weight is 419 g/mol. The van der Waals surface area contributed by atoms with Gasteiger partial charge in [-0.05, 0) is 77.4 Å². The van der Waals surface area contributed by atoms with Gasteiger partial charge in [-0.15, -0.1) is 0 Å². The number of allylic oxidation sites excluding steroid dienone is 1. The van der Waals surface area contributed by atoms with Crippen molar-refractivity contribution in [2.75, 3.05) is 13.1 Å². The molecular weight excluding hydrogens is 396 g/mol. The number of carbonyl (C=O) groups excluding carboxylic acids is 1. The van der Waals surface area contributed by atoms with E-state index < -0.39 is 0 Å². The monoisotopic (exact) mass is 418 g/mol. The summed E-state index contributed by atoms with van der Waals surface area (Å²) in [5.74, 6) is 0.147. The fourth-order valence-electron chi connectivity index (χ4n) is 5.19. The van der Waals surface area contributed by atoms with E-state index in [0.717, 1.165) is 65.5 Å². The maximum absolute atomic E-state index is 12.7. The highest BCUT2D eigenvalue weighted by Crippen LogP contribution is 2.46. The molecule has 0 atom stereocenters. The van der Waals surface area contributed by atoms with Gasteiger partial charge in [0.15, 0.2) is 5.17 Å². The molecule has 3 aliphatic heterocycles. The Labute approximate surface area is 179 Å².